The van der Waals surface area contributed by atoms with Gasteiger partial charge in [0.25, 0.3) is 0 Å². The number of halogens is 1. The molecule has 17 heavy (non-hydrogen) atoms. The van der Waals surface area contributed by atoms with Gasteiger partial charge in [-0.2, -0.15) is 0 Å². The Bertz CT molecular complexity index is 390. The monoisotopic (exact) mass is 240 g/mol. The zero-order valence-electron chi connectivity index (χ0n) is 10.3. The first-order valence-electron chi connectivity index (χ1n) is 5.44. The summed E-state index contributed by atoms with van der Waals surface area (Å²) in [6.07, 6.45) is 0.209. The van der Waals surface area contributed by atoms with Gasteiger partial charge in [-0.15, -0.1) is 0 Å². The number of ether oxygens (including phenoxy) is 2. The molecule has 0 aliphatic heterocycles. The van der Waals surface area contributed by atoms with Gasteiger partial charge in [0.1, 0.15) is 5.78 Å². The van der Waals surface area contributed by atoms with E-state index >= 15 is 0 Å². The van der Waals surface area contributed by atoms with Crippen LogP contribution >= 0.6 is 0 Å². The third-order valence-electron chi connectivity index (χ3n) is 2.57. The number of methoxy groups -OCH3 is 2. The molecule has 0 saturated heterocycles. The van der Waals surface area contributed by atoms with Crippen molar-refractivity contribution in [2.45, 2.75) is 25.9 Å². The summed E-state index contributed by atoms with van der Waals surface area (Å²) < 4.78 is 23.6. The highest BCUT2D eigenvalue weighted by Crippen LogP contribution is 2.20. The van der Waals surface area contributed by atoms with Crippen molar-refractivity contribution in [1.82, 2.24) is 0 Å². The molecule has 0 N–H and O–H groups in total. The Kier molecular flexibility index (Phi) is 5.10. The lowest BCUT2D eigenvalue weighted by atomic mass is 10.0. The van der Waals surface area contributed by atoms with Crippen molar-refractivity contribution < 1.29 is 18.7 Å². The molecule has 0 aromatic heterocycles. The normalized spacial score (nSPS) is 12.2. The number of Topliss-reactive ketones (excluding diaryl/α,β-unsaturated/α-hetero) is 1. The topological polar surface area (TPSA) is 35.5 Å². The van der Waals surface area contributed by atoms with Crippen LogP contribution in [0.4, 0.5) is 4.39 Å². The summed E-state index contributed by atoms with van der Waals surface area (Å²) in [5, 5.41) is 0. The van der Waals surface area contributed by atoms with E-state index in [2.05, 4.69) is 0 Å². The summed E-state index contributed by atoms with van der Waals surface area (Å²) in [6.45, 7) is 1.81. The van der Waals surface area contributed by atoms with E-state index in [-0.39, 0.29) is 30.5 Å². The van der Waals surface area contributed by atoms with E-state index in [4.69, 9.17) is 9.47 Å². The van der Waals surface area contributed by atoms with Gasteiger partial charge < -0.3 is 9.47 Å². The second-order valence-electron chi connectivity index (χ2n) is 3.90. The van der Waals surface area contributed by atoms with Crippen LogP contribution in [-0.2, 0) is 16.0 Å². The Labute approximate surface area is 101 Å². The van der Waals surface area contributed by atoms with Crippen molar-refractivity contribution in [3.63, 3.8) is 0 Å². The molecule has 0 heterocycles. The molecule has 0 radical (unpaired) electrons. The number of rotatable bonds is 6. The van der Waals surface area contributed by atoms with Crippen LogP contribution < -0.4 is 4.74 Å². The molecule has 94 valence electrons. The van der Waals surface area contributed by atoms with E-state index in [1.54, 1.807) is 26.2 Å². The van der Waals surface area contributed by atoms with Gasteiger partial charge in [0.2, 0.25) is 0 Å². The Morgan fingerprint density at radius 1 is 1.41 bits per heavy atom. The molecule has 3 nitrogen and oxygen atoms in total. The van der Waals surface area contributed by atoms with E-state index in [0.29, 0.717) is 5.56 Å². The van der Waals surface area contributed by atoms with Gasteiger partial charge >= 0.3 is 0 Å². The Morgan fingerprint density at radius 3 is 2.71 bits per heavy atom. The second-order valence-corrected chi connectivity index (χ2v) is 3.90. The molecule has 0 saturated carbocycles. The molecule has 4 heteroatoms. The van der Waals surface area contributed by atoms with E-state index < -0.39 is 5.82 Å². The fourth-order valence-corrected chi connectivity index (χ4v) is 1.54. The molecule has 0 fully saturated rings. The van der Waals surface area contributed by atoms with Gasteiger partial charge in [-0.1, -0.05) is 12.1 Å². The molecule has 0 amide bonds. The Morgan fingerprint density at radius 2 is 2.12 bits per heavy atom. The summed E-state index contributed by atoms with van der Waals surface area (Å²) in [6, 6.07) is 4.79. The zero-order chi connectivity index (χ0) is 12.8. The summed E-state index contributed by atoms with van der Waals surface area (Å²) in [5.74, 6) is -0.352. The van der Waals surface area contributed by atoms with Crippen LogP contribution in [0.5, 0.6) is 5.75 Å². The number of benzene rings is 1. The van der Waals surface area contributed by atoms with E-state index in [9.17, 15) is 9.18 Å². The molecule has 1 rings (SSSR count). The minimum absolute atomic E-state index is 0.0495. The van der Waals surface area contributed by atoms with Crippen molar-refractivity contribution in [3.8, 4) is 5.75 Å². The highest BCUT2D eigenvalue weighted by Gasteiger charge is 2.14. The molecule has 1 aromatic rings. The van der Waals surface area contributed by atoms with Crippen LogP contribution in [0, 0.1) is 5.82 Å². The number of carbonyl (C=O) groups is 1. The van der Waals surface area contributed by atoms with Gasteiger partial charge in [-0.25, -0.2) is 4.39 Å². The average Bonchev–Trinajstić information content (AvgIpc) is 2.31. The zero-order valence-corrected chi connectivity index (χ0v) is 10.3. The second kappa shape index (κ2) is 6.35. The standard InChI is InChI=1S/C13H17FO3/c1-9(16-2)7-11(15)8-10-5-4-6-12(17-3)13(10)14/h4-6,9H,7-8H2,1-3H3. The summed E-state index contributed by atoms with van der Waals surface area (Å²) in [4.78, 5) is 11.6. The predicted molar refractivity (Wildman–Crippen MR) is 62.8 cm³/mol. The minimum atomic E-state index is -0.464. The van der Waals surface area contributed by atoms with Crippen molar-refractivity contribution >= 4 is 5.78 Å². The van der Waals surface area contributed by atoms with Crippen molar-refractivity contribution in [3.05, 3.63) is 29.6 Å². The maximum atomic E-state index is 13.7. The molecular formula is C13H17FO3. The maximum Gasteiger partial charge on any atom is 0.168 e. The van der Waals surface area contributed by atoms with Gasteiger partial charge in [-0.3, -0.25) is 4.79 Å². The lowest BCUT2D eigenvalue weighted by molar-refractivity contribution is -0.120. The summed E-state index contributed by atoms with van der Waals surface area (Å²) >= 11 is 0. The quantitative estimate of drug-likeness (QED) is 0.765. The molecule has 0 spiro atoms. The van der Waals surface area contributed by atoms with Crippen LogP contribution in [0.15, 0.2) is 18.2 Å². The summed E-state index contributed by atoms with van der Waals surface area (Å²) in [5.41, 5.74) is 0.359. The average molecular weight is 240 g/mol. The van der Waals surface area contributed by atoms with Crippen LogP contribution in [0.25, 0.3) is 0 Å². The minimum Gasteiger partial charge on any atom is -0.494 e. The van der Waals surface area contributed by atoms with Crippen molar-refractivity contribution in [2.24, 2.45) is 0 Å². The highest BCUT2D eigenvalue weighted by atomic mass is 19.1. The number of carbonyl (C=O) groups excluding carboxylic acids is 1. The van der Waals surface area contributed by atoms with Crippen LogP contribution in [-0.4, -0.2) is 26.1 Å². The van der Waals surface area contributed by atoms with Crippen LogP contribution in [0.2, 0.25) is 0 Å². The predicted octanol–water partition coefficient (Wildman–Crippen LogP) is 2.37. The molecule has 1 aromatic carbocycles. The van der Waals surface area contributed by atoms with E-state index in [1.807, 2.05) is 0 Å². The number of hydrogen-bond acceptors (Lipinski definition) is 3. The maximum absolute atomic E-state index is 13.7. The molecule has 0 bridgehead atoms. The molecule has 0 aliphatic carbocycles. The Balaban J connectivity index is 2.71. The Hall–Kier alpha value is -1.42. The smallest absolute Gasteiger partial charge is 0.168 e. The molecule has 1 unspecified atom stereocenters. The van der Waals surface area contributed by atoms with Crippen molar-refractivity contribution in [2.75, 3.05) is 14.2 Å². The number of hydrogen-bond donors (Lipinski definition) is 0. The summed E-state index contributed by atoms with van der Waals surface area (Å²) in [7, 11) is 2.95. The lowest BCUT2D eigenvalue weighted by Crippen LogP contribution is -2.14. The number of ketones is 1. The third-order valence-corrected chi connectivity index (χ3v) is 2.57. The van der Waals surface area contributed by atoms with Gasteiger partial charge in [0.15, 0.2) is 11.6 Å². The first-order chi connectivity index (χ1) is 8.08. The van der Waals surface area contributed by atoms with E-state index in [0.717, 1.165) is 0 Å². The SMILES string of the molecule is COc1cccc(CC(=O)CC(C)OC)c1F. The van der Waals surface area contributed by atoms with Gasteiger partial charge in [0, 0.05) is 20.0 Å². The highest BCUT2D eigenvalue weighted by molar-refractivity contribution is 5.81. The van der Waals surface area contributed by atoms with E-state index in [1.165, 1.54) is 13.2 Å². The fourth-order valence-electron chi connectivity index (χ4n) is 1.54. The first kappa shape index (κ1) is 13.6. The largest absolute Gasteiger partial charge is 0.494 e. The molecular weight excluding hydrogens is 223 g/mol. The first-order valence-corrected chi connectivity index (χ1v) is 5.44. The lowest BCUT2D eigenvalue weighted by Gasteiger charge is -2.09. The molecule has 0 aliphatic rings. The fraction of sp³-hybridized carbons (Fsp3) is 0.462. The van der Waals surface area contributed by atoms with Gasteiger partial charge in [-0.05, 0) is 18.6 Å². The molecule has 1 atom stereocenters. The van der Waals surface area contributed by atoms with Crippen LogP contribution in [0.1, 0.15) is 18.9 Å². The third kappa shape index (κ3) is 3.82. The van der Waals surface area contributed by atoms with Crippen LogP contribution in [0.3, 0.4) is 0 Å². The van der Waals surface area contributed by atoms with Crippen molar-refractivity contribution in [1.29, 1.82) is 0 Å². The van der Waals surface area contributed by atoms with Gasteiger partial charge in [0.05, 0.1) is 13.2 Å².